The normalized spacial score (nSPS) is 13.9. The largest absolute Gasteiger partial charge is 0.464 e. The Labute approximate surface area is 119 Å². The maximum atomic E-state index is 12.3. The first kappa shape index (κ1) is 14.5. The molecule has 2 aromatic carbocycles. The third-order valence-electron chi connectivity index (χ3n) is 3.54. The SMILES string of the molecule is CCNC(C)(C(=O)OCC)c1ccc2ccccc2c1. The zero-order chi connectivity index (χ0) is 14.6. The van der Waals surface area contributed by atoms with E-state index in [1.165, 1.54) is 5.39 Å². The molecule has 0 fully saturated rings. The zero-order valence-corrected chi connectivity index (χ0v) is 12.3. The summed E-state index contributed by atoms with van der Waals surface area (Å²) in [6.07, 6.45) is 0. The van der Waals surface area contributed by atoms with Gasteiger partial charge in [-0.25, -0.2) is 4.79 Å². The average Bonchev–Trinajstić information content (AvgIpc) is 2.47. The highest BCUT2D eigenvalue weighted by Gasteiger charge is 2.35. The van der Waals surface area contributed by atoms with Crippen LogP contribution in [0.5, 0.6) is 0 Å². The Morgan fingerprint density at radius 3 is 2.50 bits per heavy atom. The molecule has 0 heterocycles. The molecule has 1 unspecified atom stereocenters. The van der Waals surface area contributed by atoms with E-state index < -0.39 is 5.54 Å². The van der Waals surface area contributed by atoms with E-state index in [0.29, 0.717) is 13.2 Å². The monoisotopic (exact) mass is 271 g/mol. The number of esters is 1. The second-order valence-corrected chi connectivity index (χ2v) is 4.94. The molecule has 0 aliphatic heterocycles. The van der Waals surface area contributed by atoms with Crippen molar-refractivity contribution < 1.29 is 9.53 Å². The number of hydrogen-bond donors (Lipinski definition) is 1. The highest BCUT2D eigenvalue weighted by Crippen LogP contribution is 2.26. The number of carbonyl (C=O) groups is 1. The van der Waals surface area contributed by atoms with Crippen LogP contribution in [0.4, 0.5) is 0 Å². The number of likely N-dealkylation sites (N-methyl/N-ethyl adjacent to an activating group) is 1. The van der Waals surface area contributed by atoms with Crippen molar-refractivity contribution >= 4 is 16.7 Å². The topological polar surface area (TPSA) is 38.3 Å². The first-order valence-electron chi connectivity index (χ1n) is 7.03. The molecule has 0 aromatic heterocycles. The summed E-state index contributed by atoms with van der Waals surface area (Å²) in [7, 11) is 0. The van der Waals surface area contributed by atoms with Gasteiger partial charge in [0.1, 0.15) is 5.54 Å². The fraction of sp³-hybridized carbons (Fsp3) is 0.353. The number of benzene rings is 2. The molecule has 0 saturated carbocycles. The predicted octanol–water partition coefficient (Wildman–Crippen LogP) is 3.23. The van der Waals surface area contributed by atoms with Crippen molar-refractivity contribution in [3.63, 3.8) is 0 Å². The molecule has 0 aliphatic rings. The van der Waals surface area contributed by atoms with Crippen LogP contribution in [0.25, 0.3) is 10.8 Å². The summed E-state index contributed by atoms with van der Waals surface area (Å²) >= 11 is 0. The van der Waals surface area contributed by atoms with E-state index in [1.54, 1.807) is 0 Å². The van der Waals surface area contributed by atoms with E-state index in [2.05, 4.69) is 23.5 Å². The lowest BCUT2D eigenvalue weighted by molar-refractivity contribution is -0.151. The van der Waals surface area contributed by atoms with Gasteiger partial charge in [-0.05, 0) is 42.8 Å². The molecule has 3 heteroatoms. The third kappa shape index (κ3) is 2.68. The maximum Gasteiger partial charge on any atom is 0.330 e. The summed E-state index contributed by atoms with van der Waals surface area (Å²) < 4.78 is 5.22. The molecule has 1 N–H and O–H groups in total. The van der Waals surface area contributed by atoms with E-state index in [0.717, 1.165) is 10.9 Å². The van der Waals surface area contributed by atoms with Crippen molar-refractivity contribution in [2.45, 2.75) is 26.3 Å². The van der Waals surface area contributed by atoms with Crippen LogP contribution in [0, 0.1) is 0 Å². The number of hydrogen-bond acceptors (Lipinski definition) is 3. The van der Waals surface area contributed by atoms with Crippen LogP contribution in [0.1, 0.15) is 26.3 Å². The summed E-state index contributed by atoms with van der Waals surface area (Å²) in [4.78, 5) is 12.3. The van der Waals surface area contributed by atoms with Gasteiger partial charge < -0.3 is 4.74 Å². The lowest BCUT2D eigenvalue weighted by Gasteiger charge is -2.29. The smallest absolute Gasteiger partial charge is 0.330 e. The van der Waals surface area contributed by atoms with Crippen LogP contribution in [0.2, 0.25) is 0 Å². The second kappa shape index (κ2) is 6.06. The van der Waals surface area contributed by atoms with Crippen molar-refractivity contribution in [2.24, 2.45) is 0 Å². The Kier molecular flexibility index (Phi) is 4.40. The quantitative estimate of drug-likeness (QED) is 0.848. The van der Waals surface area contributed by atoms with Gasteiger partial charge in [0, 0.05) is 0 Å². The van der Waals surface area contributed by atoms with Crippen LogP contribution >= 0.6 is 0 Å². The highest BCUT2D eigenvalue weighted by atomic mass is 16.5. The van der Waals surface area contributed by atoms with Gasteiger partial charge in [0.2, 0.25) is 0 Å². The summed E-state index contributed by atoms with van der Waals surface area (Å²) in [5.74, 6) is -0.239. The van der Waals surface area contributed by atoms with Crippen LogP contribution < -0.4 is 5.32 Å². The van der Waals surface area contributed by atoms with Crippen molar-refractivity contribution in [3.05, 3.63) is 48.0 Å². The van der Waals surface area contributed by atoms with E-state index in [4.69, 9.17) is 4.74 Å². The molecular formula is C17H21NO2. The number of fused-ring (bicyclic) bond motifs is 1. The summed E-state index contributed by atoms with van der Waals surface area (Å²) in [5, 5.41) is 5.54. The highest BCUT2D eigenvalue weighted by molar-refractivity contribution is 5.87. The number of nitrogens with one attached hydrogen (secondary N) is 1. The van der Waals surface area contributed by atoms with Gasteiger partial charge in [-0.15, -0.1) is 0 Å². The molecule has 0 radical (unpaired) electrons. The minimum Gasteiger partial charge on any atom is -0.464 e. The van der Waals surface area contributed by atoms with Crippen LogP contribution in [-0.4, -0.2) is 19.1 Å². The van der Waals surface area contributed by atoms with E-state index in [-0.39, 0.29) is 5.97 Å². The Bertz CT molecular complexity index is 609. The Morgan fingerprint density at radius 2 is 1.85 bits per heavy atom. The lowest BCUT2D eigenvalue weighted by atomic mass is 9.90. The molecule has 0 aliphatic carbocycles. The fourth-order valence-corrected chi connectivity index (χ4v) is 2.42. The van der Waals surface area contributed by atoms with Gasteiger partial charge >= 0.3 is 5.97 Å². The molecule has 3 nitrogen and oxygen atoms in total. The van der Waals surface area contributed by atoms with Gasteiger partial charge in [-0.3, -0.25) is 5.32 Å². The van der Waals surface area contributed by atoms with Gasteiger partial charge in [-0.1, -0.05) is 43.3 Å². The first-order chi connectivity index (χ1) is 9.61. The Balaban J connectivity index is 2.48. The van der Waals surface area contributed by atoms with Gasteiger partial charge in [0.05, 0.1) is 6.61 Å². The molecule has 1 atom stereocenters. The molecule has 20 heavy (non-hydrogen) atoms. The minimum atomic E-state index is -0.811. The van der Waals surface area contributed by atoms with E-state index in [9.17, 15) is 4.79 Å². The fourth-order valence-electron chi connectivity index (χ4n) is 2.42. The second-order valence-electron chi connectivity index (χ2n) is 4.94. The lowest BCUT2D eigenvalue weighted by Crippen LogP contribution is -2.47. The van der Waals surface area contributed by atoms with Crippen molar-refractivity contribution in [1.82, 2.24) is 5.32 Å². The molecule has 0 saturated heterocycles. The molecule has 0 spiro atoms. The summed E-state index contributed by atoms with van der Waals surface area (Å²) in [5.41, 5.74) is 0.117. The van der Waals surface area contributed by atoms with E-state index in [1.807, 2.05) is 45.0 Å². The Hall–Kier alpha value is -1.87. The predicted molar refractivity (Wildman–Crippen MR) is 81.6 cm³/mol. The number of ether oxygens (including phenoxy) is 1. The Morgan fingerprint density at radius 1 is 1.15 bits per heavy atom. The van der Waals surface area contributed by atoms with Crippen molar-refractivity contribution in [3.8, 4) is 0 Å². The van der Waals surface area contributed by atoms with Crippen molar-refractivity contribution in [1.29, 1.82) is 0 Å². The first-order valence-corrected chi connectivity index (χ1v) is 7.03. The molecule has 2 aromatic rings. The standard InChI is InChI=1S/C17H21NO2/c1-4-18-17(3,16(19)20-5-2)15-11-10-13-8-6-7-9-14(13)12-15/h6-12,18H,4-5H2,1-3H3. The number of rotatable bonds is 5. The summed E-state index contributed by atoms with van der Waals surface area (Å²) in [6, 6.07) is 14.2. The van der Waals surface area contributed by atoms with Crippen LogP contribution in [-0.2, 0) is 15.1 Å². The van der Waals surface area contributed by atoms with Gasteiger partial charge in [-0.2, -0.15) is 0 Å². The van der Waals surface area contributed by atoms with Crippen LogP contribution in [0.3, 0.4) is 0 Å². The number of carbonyl (C=O) groups excluding carboxylic acids is 1. The molecule has 2 rings (SSSR count). The van der Waals surface area contributed by atoms with Gasteiger partial charge in [0.25, 0.3) is 0 Å². The average molecular weight is 271 g/mol. The van der Waals surface area contributed by atoms with E-state index >= 15 is 0 Å². The van der Waals surface area contributed by atoms with Crippen LogP contribution in [0.15, 0.2) is 42.5 Å². The molecule has 106 valence electrons. The molecule has 0 amide bonds. The molecular weight excluding hydrogens is 250 g/mol. The van der Waals surface area contributed by atoms with Gasteiger partial charge in [0.15, 0.2) is 0 Å². The third-order valence-corrected chi connectivity index (χ3v) is 3.54. The zero-order valence-electron chi connectivity index (χ0n) is 12.3. The van der Waals surface area contributed by atoms with Crippen molar-refractivity contribution in [2.75, 3.05) is 13.2 Å². The molecule has 0 bridgehead atoms. The minimum absolute atomic E-state index is 0.239. The summed E-state index contributed by atoms with van der Waals surface area (Å²) in [6.45, 7) is 6.76. The maximum absolute atomic E-state index is 12.3.